The first-order valence-corrected chi connectivity index (χ1v) is 8.30. The summed E-state index contributed by atoms with van der Waals surface area (Å²) in [5, 5.41) is 19.0. The van der Waals surface area contributed by atoms with Gasteiger partial charge in [-0.1, -0.05) is 0 Å². The highest BCUT2D eigenvalue weighted by Crippen LogP contribution is 2.25. The van der Waals surface area contributed by atoms with E-state index in [0.717, 1.165) is 0 Å². The first-order valence-electron chi connectivity index (χ1n) is 8.30. The first-order chi connectivity index (χ1) is 13.5. The van der Waals surface area contributed by atoms with Crippen molar-refractivity contribution in [2.75, 3.05) is 13.7 Å². The molecule has 8 heteroatoms. The zero-order chi connectivity index (χ0) is 20.1. The van der Waals surface area contributed by atoms with Gasteiger partial charge in [0, 0.05) is 5.56 Å². The SMILES string of the molecule is COC(=O)c1cc(C(O)CO)nc(-c2ccc(Oc3ccc(F)cc3)cc2)n1. The third kappa shape index (κ3) is 4.48. The van der Waals surface area contributed by atoms with Gasteiger partial charge in [-0.2, -0.15) is 0 Å². The lowest BCUT2D eigenvalue weighted by Crippen LogP contribution is -2.12. The van der Waals surface area contributed by atoms with Crippen LogP contribution in [0.25, 0.3) is 11.4 Å². The Morgan fingerprint density at radius 2 is 1.68 bits per heavy atom. The van der Waals surface area contributed by atoms with E-state index >= 15 is 0 Å². The molecule has 2 aromatic carbocycles. The van der Waals surface area contributed by atoms with Gasteiger partial charge in [0.25, 0.3) is 0 Å². The summed E-state index contributed by atoms with van der Waals surface area (Å²) in [6.45, 7) is -0.554. The molecule has 0 spiro atoms. The number of hydrogen-bond donors (Lipinski definition) is 2. The van der Waals surface area contributed by atoms with Crippen LogP contribution in [0.4, 0.5) is 4.39 Å². The third-order valence-corrected chi connectivity index (χ3v) is 3.82. The molecule has 0 radical (unpaired) electrons. The molecule has 7 nitrogen and oxygen atoms in total. The molecule has 0 aliphatic carbocycles. The molecule has 0 amide bonds. The van der Waals surface area contributed by atoms with E-state index < -0.39 is 18.7 Å². The second-order valence-corrected chi connectivity index (χ2v) is 5.77. The van der Waals surface area contributed by atoms with E-state index in [-0.39, 0.29) is 23.0 Å². The van der Waals surface area contributed by atoms with Crippen LogP contribution in [0.5, 0.6) is 11.5 Å². The van der Waals surface area contributed by atoms with Gasteiger partial charge in [0.05, 0.1) is 19.4 Å². The van der Waals surface area contributed by atoms with Crippen LogP contribution in [0, 0.1) is 5.82 Å². The summed E-state index contributed by atoms with van der Waals surface area (Å²) in [6, 6.07) is 13.5. The largest absolute Gasteiger partial charge is 0.464 e. The van der Waals surface area contributed by atoms with Gasteiger partial charge in [-0.3, -0.25) is 0 Å². The monoisotopic (exact) mass is 384 g/mol. The number of aliphatic hydroxyl groups excluding tert-OH is 2. The lowest BCUT2D eigenvalue weighted by Gasteiger charge is -2.11. The van der Waals surface area contributed by atoms with Gasteiger partial charge in [-0.15, -0.1) is 0 Å². The van der Waals surface area contributed by atoms with E-state index in [4.69, 9.17) is 9.84 Å². The van der Waals surface area contributed by atoms with E-state index in [0.29, 0.717) is 17.1 Å². The van der Waals surface area contributed by atoms with Crippen molar-refractivity contribution in [3.8, 4) is 22.9 Å². The molecular formula is C20H17FN2O5. The summed E-state index contributed by atoms with van der Waals surface area (Å²) in [7, 11) is 1.22. The Morgan fingerprint density at radius 1 is 1.07 bits per heavy atom. The zero-order valence-corrected chi connectivity index (χ0v) is 14.9. The number of hydrogen-bond acceptors (Lipinski definition) is 7. The summed E-state index contributed by atoms with van der Waals surface area (Å²) in [4.78, 5) is 20.2. The number of carbonyl (C=O) groups excluding carboxylic acids is 1. The van der Waals surface area contributed by atoms with Crippen molar-refractivity contribution in [3.05, 3.63) is 71.8 Å². The van der Waals surface area contributed by atoms with Crippen LogP contribution in [0.3, 0.4) is 0 Å². The maximum absolute atomic E-state index is 13.0. The second-order valence-electron chi connectivity index (χ2n) is 5.77. The number of halogens is 1. The van der Waals surface area contributed by atoms with Gasteiger partial charge in [-0.25, -0.2) is 19.2 Å². The first kappa shape index (κ1) is 19.4. The van der Waals surface area contributed by atoms with Crippen LogP contribution in [0.2, 0.25) is 0 Å². The Bertz CT molecular complexity index is 961. The lowest BCUT2D eigenvalue weighted by atomic mass is 10.1. The molecule has 1 aromatic heterocycles. The van der Waals surface area contributed by atoms with Gasteiger partial charge >= 0.3 is 5.97 Å². The maximum Gasteiger partial charge on any atom is 0.356 e. The van der Waals surface area contributed by atoms with E-state index in [9.17, 15) is 14.3 Å². The predicted octanol–water partition coefficient (Wildman–Crippen LogP) is 2.89. The smallest absolute Gasteiger partial charge is 0.356 e. The van der Waals surface area contributed by atoms with E-state index in [1.54, 1.807) is 24.3 Å². The summed E-state index contributed by atoms with van der Waals surface area (Å²) in [5.41, 5.74) is 0.616. The number of methoxy groups -OCH3 is 1. The van der Waals surface area contributed by atoms with Gasteiger partial charge in [0.2, 0.25) is 0 Å². The van der Waals surface area contributed by atoms with Crippen LogP contribution < -0.4 is 4.74 Å². The van der Waals surface area contributed by atoms with Crippen molar-refractivity contribution >= 4 is 5.97 Å². The molecule has 3 aromatic rings. The van der Waals surface area contributed by atoms with E-state index in [1.165, 1.54) is 37.4 Å². The number of aromatic nitrogens is 2. The molecule has 1 atom stereocenters. The predicted molar refractivity (Wildman–Crippen MR) is 97.3 cm³/mol. The highest BCUT2D eigenvalue weighted by atomic mass is 19.1. The fourth-order valence-electron chi connectivity index (χ4n) is 2.38. The fourth-order valence-corrected chi connectivity index (χ4v) is 2.38. The van der Waals surface area contributed by atoms with Crippen molar-refractivity contribution in [2.24, 2.45) is 0 Å². The normalized spacial score (nSPS) is 11.7. The fraction of sp³-hybridized carbons (Fsp3) is 0.150. The Balaban J connectivity index is 1.89. The Labute approximate surface area is 160 Å². The Morgan fingerprint density at radius 3 is 2.25 bits per heavy atom. The number of ether oxygens (including phenoxy) is 2. The number of carbonyl (C=O) groups is 1. The molecule has 0 saturated carbocycles. The van der Waals surface area contributed by atoms with Crippen LogP contribution in [-0.4, -0.2) is 39.9 Å². The van der Waals surface area contributed by atoms with Gasteiger partial charge < -0.3 is 19.7 Å². The second kappa shape index (κ2) is 8.55. The molecule has 0 aliphatic rings. The Kier molecular flexibility index (Phi) is 5.93. The zero-order valence-electron chi connectivity index (χ0n) is 14.9. The summed E-state index contributed by atoms with van der Waals surface area (Å²) in [5.74, 6) is 0.123. The van der Waals surface area contributed by atoms with Gasteiger partial charge in [0.15, 0.2) is 11.5 Å². The lowest BCUT2D eigenvalue weighted by molar-refractivity contribution is 0.0592. The summed E-state index contributed by atoms with van der Waals surface area (Å²) >= 11 is 0. The molecule has 0 aliphatic heterocycles. The molecule has 0 saturated heterocycles. The van der Waals surface area contributed by atoms with Crippen LogP contribution in [0.15, 0.2) is 54.6 Å². The molecule has 28 heavy (non-hydrogen) atoms. The van der Waals surface area contributed by atoms with Crippen molar-refractivity contribution < 1.29 is 28.9 Å². The molecule has 2 N–H and O–H groups in total. The standard InChI is InChI=1S/C20H17FN2O5/c1-27-20(26)17-10-16(18(25)11-24)22-19(23-17)12-2-6-14(7-3-12)28-15-8-4-13(21)5-9-15/h2-10,18,24-25H,11H2,1H3. The number of aliphatic hydroxyl groups is 2. The minimum Gasteiger partial charge on any atom is -0.464 e. The Hall–Kier alpha value is -3.36. The maximum atomic E-state index is 13.0. The molecule has 3 rings (SSSR count). The van der Waals surface area contributed by atoms with Crippen molar-refractivity contribution in [2.45, 2.75) is 6.10 Å². The highest BCUT2D eigenvalue weighted by molar-refractivity contribution is 5.87. The van der Waals surface area contributed by atoms with Crippen molar-refractivity contribution in [1.82, 2.24) is 9.97 Å². The molecule has 0 fully saturated rings. The highest BCUT2D eigenvalue weighted by Gasteiger charge is 2.17. The third-order valence-electron chi connectivity index (χ3n) is 3.82. The van der Waals surface area contributed by atoms with E-state index in [1.807, 2.05) is 0 Å². The van der Waals surface area contributed by atoms with E-state index in [2.05, 4.69) is 14.7 Å². The molecule has 144 valence electrons. The summed E-state index contributed by atoms with van der Waals surface area (Å²) in [6.07, 6.45) is -1.26. The average molecular weight is 384 g/mol. The minimum absolute atomic E-state index is 0.0401. The molecule has 1 unspecified atom stereocenters. The van der Waals surface area contributed by atoms with Crippen LogP contribution in [-0.2, 0) is 4.74 Å². The minimum atomic E-state index is -1.26. The molecule has 0 bridgehead atoms. The average Bonchev–Trinajstić information content (AvgIpc) is 2.74. The van der Waals surface area contributed by atoms with Crippen molar-refractivity contribution in [1.29, 1.82) is 0 Å². The molecule has 1 heterocycles. The van der Waals surface area contributed by atoms with Crippen molar-refractivity contribution in [3.63, 3.8) is 0 Å². The number of nitrogens with zero attached hydrogens (tertiary/aromatic N) is 2. The van der Waals surface area contributed by atoms with Crippen LogP contribution >= 0.6 is 0 Å². The van der Waals surface area contributed by atoms with Crippen LogP contribution in [0.1, 0.15) is 22.3 Å². The number of benzene rings is 2. The quantitative estimate of drug-likeness (QED) is 0.630. The summed E-state index contributed by atoms with van der Waals surface area (Å²) < 4.78 is 23.3. The number of esters is 1. The number of rotatable bonds is 6. The molecular weight excluding hydrogens is 367 g/mol. The van der Waals surface area contributed by atoms with Gasteiger partial charge in [-0.05, 0) is 54.6 Å². The topological polar surface area (TPSA) is 102 Å². The van der Waals surface area contributed by atoms with Gasteiger partial charge in [0.1, 0.15) is 23.4 Å².